The van der Waals surface area contributed by atoms with Gasteiger partial charge in [0.25, 0.3) is 0 Å². The summed E-state index contributed by atoms with van der Waals surface area (Å²) >= 11 is 1.36. The number of carbonyl (C=O) groups excluding carboxylic acids is 1. The molecule has 1 rings (SSSR count). The first-order valence-electron chi connectivity index (χ1n) is 4.64. The van der Waals surface area contributed by atoms with Gasteiger partial charge in [0.15, 0.2) is 0 Å². The van der Waals surface area contributed by atoms with Crippen LogP contribution in [-0.4, -0.2) is 17.6 Å². The summed E-state index contributed by atoms with van der Waals surface area (Å²) in [5.74, 6) is -0.106. The number of aromatic nitrogens is 1. The number of carbonyl (C=O) groups is 1. The van der Waals surface area contributed by atoms with Crippen LogP contribution in [0.1, 0.15) is 18.9 Å². The third-order valence-corrected chi connectivity index (χ3v) is 2.40. The van der Waals surface area contributed by atoms with Crippen molar-refractivity contribution in [2.75, 3.05) is 6.61 Å². The number of hydrogen-bond acceptors (Lipinski definition) is 5. The maximum atomic E-state index is 11.6. The van der Waals surface area contributed by atoms with E-state index in [1.807, 2.05) is 13.8 Å². The Kier molecular flexibility index (Phi) is 4.30. The van der Waals surface area contributed by atoms with E-state index < -0.39 is 5.97 Å². The average molecular weight is 226 g/mol. The van der Waals surface area contributed by atoms with Crippen LogP contribution in [0.15, 0.2) is 17.8 Å². The molecule has 0 atom stereocenters. The molecule has 0 aromatic carbocycles. The third kappa shape index (κ3) is 3.36. The molecule has 0 amide bonds. The molecule has 82 valence electrons. The molecule has 0 saturated carbocycles. The first-order chi connectivity index (χ1) is 7.15. The van der Waals surface area contributed by atoms with Gasteiger partial charge in [0.2, 0.25) is 0 Å². The van der Waals surface area contributed by atoms with E-state index in [0.29, 0.717) is 23.1 Å². The summed E-state index contributed by atoms with van der Waals surface area (Å²) < 4.78 is 5.06. The number of thiazole rings is 1. The maximum Gasteiger partial charge on any atom is 0.342 e. The molecule has 0 fully saturated rings. The summed E-state index contributed by atoms with van der Waals surface area (Å²) in [6, 6.07) is 0. The first-order valence-corrected chi connectivity index (χ1v) is 5.52. The molecule has 4 nitrogen and oxygen atoms in total. The minimum Gasteiger partial charge on any atom is -0.462 e. The molecule has 1 heterocycles. The van der Waals surface area contributed by atoms with E-state index in [2.05, 4.69) is 4.98 Å². The Hall–Kier alpha value is -1.36. The van der Waals surface area contributed by atoms with Gasteiger partial charge in [-0.3, -0.25) is 0 Å². The van der Waals surface area contributed by atoms with Crippen molar-refractivity contribution in [2.24, 2.45) is 11.7 Å². The highest BCUT2D eigenvalue weighted by Gasteiger charge is 2.15. The van der Waals surface area contributed by atoms with Crippen LogP contribution >= 0.6 is 11.3 Å². The standard InChI is InChI=1S/C10H14N2O2S/c1-7(2)6-14-10(13)8(5-11)9-12-3-4-15-9/h3-5,7H,6,11H2,1-2H3/b8-5+. The molecule has 0 radical (unpaired) electrons. The zero-order chi connectivity index (χ0) is 11.3. The van der Waals surface area contributed by atoms with Crippen molar-refractivity contribution in [1.82, 2.24) is 4.98 Å². The quantitative estimate of drug-likeness (QED) is 0.626. The Balaban J connectivity index is 2.65. The Bertz CT molecular complexity index is 344. The SMILES string of the molecule is CC(C)COC(=O)/C(=C/N)c1nccs1. The fourth-order valence-corrected chi connectivity index (χ4v) is 1.55. The van der Waals surface area contributed by atoms with Crippen molar-refractivity contribution >= 4 is 22.9 Å². The second kappa shape index (κ2) is 5.50. The molecule has 0 saturated heterocycles. The van der Waals surface area contributed by atoms with Crippen molar-refractivity contribution in [2.45, 2.75) is 13.8 Å². The fourth-order valence-electron chi connectivity index (χ4n) is 0.903. The van der Waals surface area contributed by atoms with E-state index >= 15 is 0 Å². The van der Waals surface area contributed by atoms with E-state index in [1.165, 1.54) is 17.5 Å². The van der Waals surface area contributed by atoms with Crippen molar-refractivity contribution in [3.63, 3.8) is 0 Å². The van der Waals surface area contributed by atoms with Crippen molar-refractivity contribution < 1.29 is 9.53 Å². The first kappa shape index (κ1) is 11.7. The Morgan fingerprint density at radius 3 is 2.93 bits per heavy atom. The number of hydrogen-bond donors (Lipinski definition) is 1. The van der Waals surface area contributed by atoms with Crippen molar-refractivity contribution in [3.05, 3.63) is 22.8 Å². The lowest BCUT2D eigenvalue weighted by molar-refractivity contribution is -0.137. The van der Waals surface area contributed by atoms with Gasteiger partial charge in [-0.1, -0.05) is 13.8 Å². The van der Waals surface area contributed by atoms with Crippen LogP contribution in [-0.2, 0) is 9.53 Å². The van der Waals surface area contributed by atoms with Gasteiger partial charge in [-0.25, -0.2) is 9.78 Å². The largest absolute Gasteiger partial charge is 0.462 e. The Labute approximate surface area is 92.8 Å². The fraction of sp³-hybridized carbons (Fsp3) is 0.400. The average Bonchev–Trinajstić information content (AvgIpc) is 2.69. The van der Waals surface area contributed by atoms with Gasteiger partial charge in [-0.05, 0) is 5.92 Å². The van der Waals surface area contributed by atoms with Crippen molar-refractivity contribution in [1.29, 1.82) is 0 Å². The molecule has 0 unspecified atom stereocenters. The lowest BCUT2D eigenvalue weighted by atomic mass is 10.2. The molecule has 1 aromatic heterocycles. The zero-order valence-corrected chi connectivity index (χ0v) is 9.58. The van der Waals surface area contributed by atoms with Crippen LogP contribution in [0.3, 0.4) is 0 Å². The van der Waals surface area contributed by atoms with E-state index in [4.69, 9.17) is 10.5 Å². The molecule has 0 spiro atoms. The van der Waals surface area contributed by atoms with Crippen LogP contribution < -0.4 is 5.73 Å². The molecule has 15 heavy (non-hydrogen) atoms. The molecular formula is C10H14N2O2S. The van der Waals surface area contributed by atoms with Crippen LogP contribution in [0.4, 0.5) is 0 Å². The molecule has 0 aliphatic rings. The maximum absolute atomic E-state index is 11.6. The summed E-state index contributed by atoms with van der Waals surface area (Å²) in [4.78, 5) is 15.6. The summed E-state index contributed by atoms with van der Waals surface area (Å²) in [5.41, 5.74) is 5.70. The second-order valence-electron chi connectivity index (χ2n) is 3.41. The molecule has 2 N–H and O–H groups in total. The number of nitrogens with two attached hydrogens (primary N) is 1. The van der Waals surface area contributed by atoms with E-state index in [1.54, 1.807) is 11.6 Å². The number of rotatable bonds is 4. The second-order valence-corrected chi connectivity index (χ2v) is 4.30. The zero-order valence-electron chi connectivity index (χ0n) is 8.77. The predicted octanol–water partition coefficient (Wildman–Crippen LogP) is 1.64. The number of nitrogens with zero attached hydrogens (tertiary/aromatic N) is 1. The summed E-state index contributed by atoms with van der Waals surface area (Å²) in [5, 5.41) is 2.38. The predicted molar refractivity (Wildman–Crippen MR) is 60.1 cm³/mol. The smallest absolute Gasteiger partial charge is 0.342 e. The topological polar surface area (TPSA) is 65.2 Å². The monoisotopic (exact) mass is 226 g/mol. The highest BCUT2D eigenvalue weighted by molar-refractivity contribution is 7.11. The van der Waals surface area contributed by atoms with Crippen LogP contribution in [0.5, 0.6) is 0 Å². The van der Waals surface area contributed by atoms with E-state index in [0.717, 1.165) is 0 Å². The van der Waals surface area contributed by atoms with Crippen molar-refractivity contribution in [3.8, 4) is 0 Å². The van der Waals surface area contributed by atoms with Crippen LogP contribution in [0.25, 0.3) is 5.57 Å². The van der Waals surface area contributed by atoms with Gasteiger partial charge in [0.05, 0.1) is 6.61 Å². The molecule has 0 aliphatic carbocycles. The number of esters is 1. The Morgan fingerprint density at radius 2 is 2.47 bits per heavy atom. The molecule has 5 heteroatoms. The van der Waals surface area contributed by atoms with Crippen LogP contribution in [0.2, 0.25) is 0 Å². The lowest BCUT2D eigenvalue weighted by Crippen LogP contribution is -2.12. The molecular weight excluding hydrogens is 212 g/mol. The number of ether oxygens (including phenoxy) is 1. The van der Waals surface area contributed by atoms with Gasteiger partial charge >= 0.3 is 5.97 Å². The van der Waals surface area contributed by atoms with Gasteiger partial charge in [0.1, 0.15) is 10.6 Å². The Morgan fingerprint density at radius 1 is 1.73 bits per heavy atom. The highest BCUT2D eigenvalue weighted by atomic mass is 32.1. The van der Waals surface area contributed by atoms with Gasteiger partial charge < -0.3 is 10.5 Å². The molecule has 1 aromatic rings. The van der Waals surface area contributed by atoms with E-state index in [-0.39, 0.29) is 0 Å². The molecule has 0 aliphatic heterocycles. The van der Waals surface area contributed by atoms with Gasteiger partial charge in [-0.2, -0.15) is 0 Å². The van der Waals surface area contributed by atoms with E-state index in [9.17, 15) is 4.79 Å². The summed E-state index contributed by atoms with van der Waals surface area (Å²) in [7, 11) is 0. The minimum absolute atomic E-state index is 0.310. The minimum atomic E-state index is -0.416. The van der Waals surface area contributed by atoms with Crippen LogP contribution in [0, 0.1) is 5.92 Å². The highest BCUT2D eigenvalue weighted by Crippen LogP contribution is 2.17. The summed E-state index contributed by atoms with van der Waals surface area (Å²) in [6.07, 6.45) is 2.86. The lowest BCUT2D eigenvalue weighted by Gasteiger charge is -2.07. The van der Waals surface area contributed by atoms with Gasteiger partial charge in [0, 0.05) is 17.8 Å². The summed E-state index contributed by atoms with van der Waals surface area (Å²) in [6.45, 7) is 4.34. The normalized spacial score (nSPS) is 11.8. The molecule has 0 bridgehead atoms. The van der Waals surface area contributed by atoms with Gasteiger partial charge in [-0.15, -0.1) is 11.3 Å². The third-order valence-electron chi connectivity index (χ3n) is 1.60.